The van der Waals surface area contributed by atoms with Gasteiger partial charge in [0.2, 0.25) is 5.91 Å². The van der Waals surface area contributed by atoms with Gasteiger partial charge in [0, 0.05) is 24.5 Å². The third-order valence-corrected chi connectivity index (χ3v) is 5.32. The lowest BCUT2D eigenvalue weighted by molar-refractivity contribution is -0.148. The summed E-state index contributed by atoms with van der Waals surface area (Å²) in [5.74, 6) is -1.20. The number of pyridine rings is 1. The van der Waals surface area contributed by atoms with Gasteiger partial charge in [0.1, 0.15) is 18.4 Å². The van der Waals surface area contributed by atoms with Crippen molar-refractivity contribution >= 4 is 17.7 Å². The monoisotopic (exact) mass is 413 g/mol. The maximum atomic E-state index is 12.8. The first-order chi connectivity index (χ1) is 14.4. The molecule has 0 bridgehead atoms. The van der Waals surface area contributed by atoms with Gasteiger partial charge in [-0.15, -0.1) is 0 Å². The number of amides is 1. The van der Waals surface area contributed by atoms with E-state index in [1.807, 2.05) is 19.9 Å². The Balaban J connectivity index is 1.91. The molecule has 1 saturated carbocycles. The zero-order valence-corrected chi connectivity index (χ0v) is 17.8. The average Bonchev–Trinajstić information content (AvgIpc) is 2.73. The van der Waals surface area contributed by atoms with Gasteiger partial charge in [-0.05, 0) is 43.7 Å². The topological polar surface area (TPSA) is 109 Å². The van der Waals surface area contributed by atoms with Gasteiger partial charge < -0.3 is 10.1 Å². The van der Waals surface area contributed by atoms with E-state index in [0.29, 0.717) is 25.0 Å². The van der Waals surface area contributed by atoms with Crippen molar-refractivity contribution in [2.24, 2.45) is 17.8 Å². The Hall–Kier alpha value is -2.75. The molecule has 7 heteroatoms. The molecular formula is C23H31N3O4. The number of hydrogen-bond donors (Lipinski definition) is 1. The van der Waals surface area contributed by atoms with E-state index in [2.05, 4.69) is 16.4 Å². The molecule has 0 radical (unpaired) electrons. The molecule has 0 aromatic carbocycles. The van der Waals surface area contributed by atoms with Crippen LogP contribution in [-0.4, -0.2) is 28.7 Å². The lowest BCUT2D eigenvalue weighted by Gasteiger charge is -2.24. The fraction of sp³-hybridized carbons (Fsp3) is 0.609. The largest absolute Gasteiger partial charge is 0.459 e. The number of nitrogens with one attached hydrogen (secondary N) is 1. The van der Waals surface area contributed by atoms with Crippen molar-refractivity contribution in [2.75, 3.05) is 0 Å². The standard InChI is InChI=1S/C23H31N3O4/c1-16(2)11-18(13-22(28)30-15-19-8-5-6-10-25-19)23(29)26-20(14-24)12-17-7-3-4-9-21(17)27/h5-6,8,10,16-18,20H,3-4,7,9,11-13,15H2,1-2H3,(H,26,29)/t17-,18+,20-/m0/s1. The van der Waals surface area contributed by atoms with Gasteiger partial charge in [0.25, 0.3) is 0 Å². The Morgan fingerprint density at radius 1 is 1.33 bits per heavy atom. The number of Topliss-reactive ketones (excluding diaryl/α,β-unsaturated/α-hetero) is 1. The number of carbonyl (C=O) groups excluding carboxylic acids is 3. The van der Waals surface area contributed by atoms with E-state index in [1.165, 1.54) is 0 Å². The van der Waals surface area contributed by atoms with Crippen LogP contribution in [0.3, 0.4) is 0 Å². The van der Waals surface area contributed by atoms with E-state index in [-0.39, 0.29) is 36.6 Å². The lowest BCUT2D eigenvalue weighted by atomic mass is 9.83. The Bertz CT molecular complexity index is 757. The summed E-state index contributed by atoms with van der Waals surface area (Å²) in [5, 5.41) is 12.2. The van der Waals surface area contributed by atoms with Crippen molar-refractivity contribution in [3.8, 4) is 6.07 Å². The molecular weight excluding hydrogens is 382 g/mol. The molecule has 0 spiro atoms. The van der Waals surface area contributed by atoms with Crippen LogP contribution in [0.25, 0.3) is 0 Å². The number of ether oxygens (including phenoxy) is 1. The van der Waals surface area contributed by atoms with Crippen molar-refractivity contribution in [1.29, 1.82) is 5.26 Å². The minimum Gasteiger partial charge on any atom is -0.459 e. The first kappa shape index (κ1) is 23.5. The molecule has 30 heavy (non-hydrogen) atoms. The molecule has 1 aliphatic rings. The highest BCUT2D eigenvalue weighted by molar-refractivity contribution is 5.84. The molecule has 7 nitrogen and oxygen atoms in total. The first-order valence-electron chi connectivity index (χ1n) is 10.7. The summed E-state index contributed by atoms with van der Waals surface area (Å²) in [7, 11) is 0. The second kappa shape index (κ2) is 12.1. The third-order valence-electron chi connectivity index (χ3n) is 5.32. The molecule has 1 aromatic heterocycles. The molecule has 1 aromatic rings. The molecule has 1 heterocycles. The van der Waals surface area contributed by atoms with E-state index in [0.717, 1.165) is 19.3 Å². The maximum Gasteiger partial charge on any atom is 0.306 e. The van der Waals surface area contributed by atoms with Crippen LogP contribution >= 0.6 is 0 Å². The minimum atomic E-state index is -0.733. The summed E-state index contributed by atoms with van der Waals surface area (Å²) in [6.45, 7) is 4.00. The van der Waals surface area contributed by atoms with Crippen molar-refractivity contribution in [2.45, 2.75) is 71.4 Å². The predicted molar refractivity (Wildman–Crippen MR) is 111 cm³/mol. The van der Waals surface area contributed by atoms with E-state index in [1.54, 1.807) is 18.3 Å². The van der Waals surface area contributed by atoms with E-state index in [4.69, 9.17) is 4.74 Å². The van der Waals surface area contributed by atoms with Gasteiger partial charge in [0.15, 0.2) is 0 Å². The summed E-state index contributed by atoms with van der Waals surface area (Å²) in [4.78, 5) is 41.3. The predicted octanol–water partition coefficient (Wildman–Crippen LogP) is 3.33. The minimum absolute atomic E-state index is 0.0559. The molecule has 0 unspecified atom stereocenters. The van der Waals surface area contributed by atoms with Gasteiger partial charge >= 0.3 is 5.97 Å². The number of ketones is 1. The van der Waals surface area contributed by atoms with Gasteiger partial charge in [-0.2, -0.15) is 5.26 Å². The van der Waals surface area contributed by atoms with Crippen LogP contribution in [0.1, 0.15) is 64.5 Å². The van der Waals surface area contributed by atoms with Crippen LogP contribution in [0.4, 0.5) is 0 Å². The third kappa shape index (κ3) is 7.94. The van der Waals surface area contributed by atoms with E-state index in [9.17, 15) is 19.6 Å². The number of rotatable bonds is 10. The van der Waals surface area contributed by atoms with Gasteiger partial charge in [-0.3, -0.25) is 19.4 Å². The zero-order chi connectivity index (χ0) is 21.9. The van der Waals surface area contributed by atoms with E-state index < -0.39 is 17.9 Å². The number of hydrogen-bond acceptors (Lipinski definition) is 6. The SMILES string of the molecule is CC(C)C[C@H](CC(=O)OCc1ccccn1)C(=O)N[C@H](C#N)C[C@@H]1CCCCC1=O. The quantitative estimate of drug-likeness (QED) is 0.589. The zero-order valence-electron chi connectivity index (χ0n) is 17.8. The summed E-state index contributed by atoms with van der Waals surface area (Å²) in [6.07, 6.45) is 5.59. The van der Waals surface area contributed by atoms with Crippen LogP contribution < -0.4 is 5.32 Å². The van der Waals surface area contributed by atoms with Gasteiger partial charge in [-0.1, -0.05) is 26.3 Å². The first-order valence-corrected chi connectivity index (χ1v) is 10.7. The molecule has 1 amide bonds. The average molecular weight is 414 g/mol. The van der Waals surface area contributed by atoms with Crippen LogP contribution in [0.2, 0.25) is 0 Å². The molecule has 0 saturated heterocycles. The number of nitriles is 1. The number of carbonyl (C=O) groups is 3. The highest BCUT2D eigenvalue weighted by atomic mass is 16.5. The molecule has 1 fully saturated rings. The fourth-order valence-corrected chi connectivity index (χ4v) is 3.77. The van der Waals surface area contributed by atoms with Crippen molar-refractivity contribution in [3.05, 3.63) is 30.1 Å². The number of esters is 1. The van der Waals surface area contributed by atoms with Crippen molar-refractivity contribution in [3.63, 3.8) is 0 Å². The molecule has 0 aliphatic heterocycles. The fourth-order valence-electron chi connectivity index (χ4n) is 3.77. The van der Waals surface area contributed by atoms with Crippen LogP contribution in [0.15, 0.2) is 24.4 Å². The Morgan fingerprint density at radius 3 is 2.77 bits per heavy atom. The lowest BCUT2D eigenvalue weighted by Crippen LogP contribution is -2.41. The summed E-state index contributed by atoms with van der Waals surface area (Å²) >= 11 is 0. The van der Waals surface area contributed by atoms with Crippen molar-refractivity contribution in [1.82, 2.24) is 10.3 Å². The highest BCUT2D eigenvalue weighted by Crippen LogP contribution is 2.25. The summed E-state index contributed by atoms with van der Waals surface area (Å²) < 4.78 is 5.27. The second-order valence-electron chi connectivity index (χ2n) is 8.35. The maximum absolute atomic E-state index is 12.8. The number of aromatic nitrogens is 1. The molecule has 3 atom stereocenters. The van der Waals surface area contributed by atoms with Crippen LogP contribution in [0.5, 0.6) is 0 Å². The Kier molecular flexibility index (Phi) is 9.46. The normalized spacial score (nSPS) is 18.3. The molecule has 1 aliphatic carbocycles. The van der Waals surface area contributed by atoms with Crippen molar-refractivity contribution < 1.29 is 19.1 Å². The molecule has 2 rings (SSSR count). The van der Waals surface area contributed by atoms with Crippen LogP contribution in [0, 0.1) is 29.1 Å². The smallest absolute Gasteiger partial charge is 0.306 e. The van der Waals surface area contributed by atoms with Crippen LogP contribution in [-0.2, 0) is 25.7 Å². The van der Waals surface area contributed by atoms with Gasteiger partial charge in [0.05, 0.1) is 18.2 Å². The highest BCUT2D eigenvalue weighted by Gasteiger charge is 2.29. The van der Waals surface area contributed by atoms with Gasteiger partial charge in [-0.25, -0.2) is 0 Å². The Morgan fingerprint density at radius 2 is 2.13 bits per heavy atom. The summed E-state index contributed by atoms with van der Waals surface area (Å²) in [5.41, 5.74) is 0.636. The number of nitrogens with zero attached hydrogens (tertiary/aromatic N) is 2. The molecule has 162 valence electrons. The Labute approximate surface area is 178 Å². The van der Waals surface area contributed by atoms with E-state index >= 15 is 0 Å². The summed E-state index contributed by atoms with van der Waals surface area (Å²) in [6, 6.07) is 6.72. The molecule has 1 N–H and O–H groups in total. The second-order valence-corrected chi connectivity index (χ2v) is 8.35.